The maximum absolute atomic E-state index is 2.76. The fourth-order valence-corrected chi connectivity index (χ4v) is 4.66. The average Bonchev–Trinajstić information content (AvgIpc) is 2.96. The Morgan fingerprint density at radius 2 is 1.70 bits per heavy atom. The van der Waals surface area contributed by atoms with E-state index in [9.17, 15) is 0 Å². The van der Waals surface area contributed by atoms with Gasteiger partial charge in [-0.05, 0) is 81.9 Å². The molecule has 1 aliphatic carbocycles. The van der Waals surface area contributed by atoms with E-state index in [0.717, 1.165) is 17.8 Å². The second kappa shape index (κ2) is 8.33. The molecular weight excluding hydrogens is 278 g/mol. The van der Waals surface area contributed by atoms with E-state index in [-0.39, 0.29) is 0 Å². The molecule has 1 saturated carbocycles. The number of likely N-dealkylation sites (tertiary alicyclic amines) is 1. The summed E-state index contributed by atoms with van der Waals surface area (Å²) < 4.78 is 0. The van der Waals surface area contributed by atoms with Crippen molar-refractivity contribution in [3.63, 3.8) is 0 Å². The van der Waals surface area contributed by atoms with Crippen LogP contribution >= 0.6 is 0 Å². The summed E-state index contributed by atoms with van der Waals surface area (Å²) in [6.07, 6.45) is 11.4. The number of piperidine rings is 1. The molecule has 2 fully saturated rings. The molecule has 1 aromatic rings. The number of benzene rings is 1. The molecule has 1 heteroatoms. The van der Waals surface area contributed by atoms with Crippen LogP contribution in [0.3, 0.4) is 0 Å². The summed E-state index contributed by atoms with van der Waals surface area (Å²) in [6.45, 7) is 8.71. The van der Waals surface area contributed by atoms with E-state index < -0.39 is 0 Å². The van der Waals surface area contributed by atoms with Crippen LogP contribution in [0.15, 0.2) is 24.3 Å². The summed E-state index contributed by atoms with van der Waals surface area (Å²) in [5.41, 5.74) is 2.89. The Labute approximate surface area is 143 Å². The van der Waals surface area contributed by atoms with Crippen LogP contribution < -0.4 is 0 Å². The number of rotatable bonds is 6. The summed E-state index contributed by atoms with van der Waals surface area (Å²) in [6, 6.07) is 9.11. The lowest BCUT2D eigenvalue weighted by Gasteiger charge is -2.33. The van der Waals surface area contributed by atoms with Crippen molar-refractivity contribution in [2.24, 2.45) is 17.8 Å². The zero-order valence-corrected chi connectivity index (χ0v) is 15.3. The quantitative estimate of drug-likeness (QED) is 0.673. The van der Waals surface area contributed by atoms with Gasteiger partial charge in [-0.25, -0.2) is 0 Å². The first-order chi connectivity index (χ1) is 11.2. The lowest BCUT2D eigenvalue weighted by molar-refractivity contribution is 0.155. The van der Waals surface area contributed by atoms with Crippen molar-refractivity contribution < 1.29 is 0 Å². The van der Waals surface area contributed by atoms with E-state index in [2.05, 4.69) is 43.0 Å². The number of hydrogen-bond acceptors (Lipinski definition) is 1. The van der Waals surface area contributed by atoms with E-state index >= 15 is 0 Å². The van der Waals surface area contributed by atoms with Crippen molar-refractivity contribution in [1.29, 1.82) is 0 Å². The van der Waals surface area contributed by atoms with Crippen molar-refractivity contribution in [2.75, 3.05) is 19.6 Å². The van der Waals surface area contributed by atoms with Gasteiger partial charge in [-0.15, -0.1) is 0 Å². The minimum Gasteiger partial charge on any atom is -0.303 e. The van der Waals surface area contributed by atoms with Gasteiger partial charge in [0.15, 0.2) is 0 Å². The van der Waals surface area contributed by atoms with Crippen molar-refractivity contribution in [1.82, 2.24) is 4.90 Å². The van der Waals surface area contributed by atoms with Crippen LogP contribution in [-0.2, 0) is 6.42 Å². The van der Waals surface area contributed by atoms with Crippen LogP contribution in [0, 0.1) is 24.7 Å². The van der Waals surface area contributed by atoms with Crippen LogP contribution in [0.4, 0.5) is 0 Å². The van der Waals surface area contributed by atoms with E-state index in [4.69, 9.17) is 0 Å². The van der Waals surface area contributed by atoms with E-state index in [1.165, 1.54) is 82.1 Å². The van der Waals surface area contributed by atoms with Crippen molar-refractivity contribution in [3.05, 3.63) is 35.4 Å². The summed E-state index contributed by atoms with van der Waals surface area (Å²) >= 11 is 0. The summed E-state index contributed by atoms with van der Waals surface area (Å²) in [7, 11) is 0. The second-order valence-corrected chi connectivity index (χ2v) is 8.41. The Morgan fingerprint density at radius 3 is 2.35 bits per heavy atom. The molecule has 1 heterocycles. The van der Waals surface area contributed by atoms with Gasteiger partial charge in [0.05, 0.1) is 0 Å². The van der Waals surface area contributed by atoms with Crippen LogP contribution in [0.2, 0.25) is 0 Å². The first-order valence-electron chi connectivity index (χ1n) is 9.97. The molecule has 2 atom stereocenters. The normalized spacial score (nSPS) is 26.7. The molecule has 0 radical (unpaired) electrons. The monoisotopic (exact) mass is 313 g/mol. The first-order valence-corrected chi connectivity index (χ1v) is 9.97. The zero-order chi connectivity index (χ0) is 16.1. The molecule has 0 bridgehead atoms. The van der Waals surface area contributed by atoms with Gasteiger partial charge in [-0.1, -0.05) is 49.6 Å². The Morgan fingerprint density at radius 1 is 0.957 bits per heavy atom. The Hall–Kier alpha value is -0.820. The third-order valence-corrected chi connectivity index (χ3v) is 6.23. The minimum atomic E-state index is 0.985. The molecule has 0 N–H and O–H groups in total. The Balaban J connectivity index is 1.30. The third-order valence-electron chi connectivity index (χ3n) is 6.23. The lowest BCUT2D eigenvalue weighted by atomic mass is 9.90. The highest BCUT2D eigenvalue weighted by molar-refractivity contribution is 5.21. The van der Waals surface area contributed by atoms with Crippen molar-refractivity contribution >= 4 is 0 Å². The molecule has 1 unspecified atom stereocenters. The summed E-state index contributed by atoms with van der Waals surface area (Å²) in [5, 5.41) is 0. The molecule has 1 aliphatic heterocycles. The van der Waals surface area contributed by atoms with E-state index in [0.29, 0.717) is 0 Å². The predicted octanol–water partition coefficient (Wildman–Crippen LogP) is 5.47. The SMILES string of the molecule is Cc1ccc(CCCC2CCN(C[C@@H]3CCC(C)C3)CC2)cc1. The number of aryl methyl sites for hydroxylation is 2. The second-order valence-electron chi connectivity index (χ2n) is 8.41. The maximum atomic E-state index is 2.76. The zero-order valence-electron chi connectivity index (χ0n) is 15.3. The molecule has 23 heavy (non-hydrogen) atoms. The molecule has 1 nitrogen and oxygen atoms in total. The Kier molecular flexibility index (Phi) is 6.16. The highest BCUT2D eigenvalue weighted by atomic mass is 15.1. The highest BCUT2D eigenvalue weighted by Gasteiger charge is 2.25. The van der Waals surface area contributed by atoms with Crippen LogP contribution in [0.25, 0.3) is 0 Å². The molecule has 2 aliphatic rings. The largest absolute Gasteiger partial charge is 0.303 e. The highest BCUT2D eigenvalue weighted by Crippen LogP contribution is 2.32. The third kappa shape index (κ3) is 5.35. The topological polar surface area (TPSA) is 3.24 Å². The predicted molar refractivity (Wildman–Crippen MR) is 99.8 cm³/mol. The maximum Gasteiger partial charge on any atom is 0.000976 e. The van der Waals surface area contributed by atoms with Crippen LogP contribution in [0.5, 0.6) is 0 Å². The summed E-state index contributed by atoms with van der Waals surface area (Å²) in [4.78, 5) is 2.76. The smallest absolute Gasteiger partial charge is 0.000976 e. The standard InChI is InChI=1S/C22H35N/c1-18-6-9-20(10-7-18)4-3-5-21-12-14-23(15-13-21)17-22-11-8-19(2)16-22/h6-7,9-10,19,21-22H,3-5,8,11-17H2,1-2H3/t19?,22-/m1/s1. The van der Waals surface area contributed by atoms with Gasteiger partial charge in [0.1, 0.15) is 0 Å². The van der Waals surface area contributed by atoms with Gasteiger partial charge >= 0.3 is 0 Å². The van der Waals surface area contributed by atoms with Gasteiger partial charge < -0.3 is 4.90 Å². The van der Waals surface area contributed by atoms with E-state index in [1.807, 2.05) is 0 Å². The molecule has 3 rings (SSSR count). The van der Waals surface area contributed by atoms with Crippen LogP contribution in [-0.4, -0.2) is 24.5 Å². The summed E-state index contributed by atoms with van der Waals surface area (Å²) in [5.74, 6) is 2.97. The van der Waals surface area contributed by atoms with Gasteiger partial charge in [0.2, 0.25) is 0 Å². The Bertz CT molecular complexity index is 455. The molecule has 0 amide bonds. The van der Waals surface area contributed by atoms with Gasteiger partial charge in [0.25, 0.3) is 0 Å². The molecule has 1 aromatic carbocycles. The molecule has 0 spiro atoms. The molecular formula is C22H35N. The first kappa shape index (κ1) is 17.0. The number of nitrogens with zero attached hydrogens (tertiary/aromatic N) is 1. The van der Waals surface area contributed by atoms with Crippen LogP contribution in [0.1, 0.15) is 63.0 Å². The fourth-order valence-electron chi connectivity index (χ4n) is 4.66. The van der Waals surface area contributed by atoms with Crippen molar-refractivity contribution in [2.45, 2.75) is 65.2 Å². The van der Waals surface area contributed by atoms with E-state index in [1.54, 1.807) is 0 Å². The molecule has 0 aromatic heterocycles. The van der Waals surface area contributed by atoms with Gasteiger partial charge in [-0.2, -0.15) is 0 Å². The van der Waals surface area contributed by atoms with Gasteiger partial charge in [-0.3, -0.25) is 0 Å². The van der Waals surface area contributed by atoms with Crippen molar-refractivity contribution in [3.8, 4) is 0 Å². The lowest BCUT2D eigenvalue weighted by Crippen LogP contribution is -2.36. The minimum absolute atomic E-state index is 0.985. The fraction of sp³-hybridized carbons (Fsp3) is 0.727. The average molecular weight is 314 g/mol. The number of hydrogen-bond donors (Lipinski definition) is 0. The van der Waals surface area contributed by atoms with Gasteiger partial charge in [0, 0.05) is 6.54 Å². The molecule has 128 valence electrons. The molecule has 1 saturated heterocycles.